The summed E-state index contributed by atoms with van der Waals surface area (Å²) in [5.41, 5.74) is 0.237. The van der Waals surface area contributed by atoms with Crippen LogP contribution in [0.1, 0.15) is 32.0 Å². The standard InChI is InChI=1S/C18H29N5O4/c1-13(24)6-4-5-7-23-17(25)15-16(21(3)18(23)26)19-14(20(15)2)12-22-8-10-27-11-9-22/h13,24H,4-12H2,1-3H3/t13-/m1/s1. The van der Waals surface area contributed by atoms with Crippen molar-refractivity contribution in [2.75, 3.05) is 26.3 Å². The highest BCUT2D eigenvalue weighted by molar-refractivity contribution is 5.70. The number of aryl methyl sites for hydroxylation is 2. The van der Waals surface area contributed by atoms with E-state index in [0.717, 1.165) is 25.3 Å². The molecule has 9 heteroatoms. The molecule has 1 N–H and O–H groups in total. The molecule has 27 heavy (non-hydrogen) atoms. The maximum atomic E-state index is 13.0. The number of hydrogen-bond acceptors (Lipinski definition) is 6. The third kappa shape index (κ3) is 4.15. The van der Waals surface area contributed by atoms with Crippen LogP contribution in [0.4, 0.5) is 0 Å². The minimum Gasteiger partial charge on any atom is -0.393 e. The van der Waals surface area contributed by atoms with Crippen molar-refractivity contribution in [3.8, 4) is 0 Å². The van der Waals surface area contributed by atoms with Gasteiger partial charge >= 0.3 is 5.69 Å². The Morgan fingerprint density at radius 1 is 1.15 bits per heavy atom. The van der Waals surface area contributed by atoms with Crippen molar-refractivity contribution in [1.82, 2.24) is 23.6 Å². The van der Waals surface area contributed by atoms with Crippen LogP contribution in [0.3, 0.4) is 0 Å². The molecule has 150 valence electrons. The maximum Gasteiger partial charge on any atom is 0.332 e. The molecule has 2 aromatic heterocycles. The van der Waals surface area contributed by atoms with Gasteiger partial charge < -0.3 is 14.4 Å². The molecule has 2 aromatic rings. The molecule has 0 unspecified atom stereocenters. The normalized spacial score (nSPS) is 16.9. The first kappa shape index (κ1) is 19.8. The molecule has 0 saturated carbocycles. The number of morpholine rings is 1. The number of unbranched alkanes of at least 4 members (excludes halogenated alkanes) is 1. The van der Waals surface area contributed by atoms with Crippen LogP contribution in [0.15, 0.2) is 9.59 Å². The van der Waals surface area contributed by atoms with Gasteiger partial charge in [0, 0.05) is 33.7 Å². The molecule has 1 aliphatic rings. The van der Waals surface area contributed by atoms with E-state index in [1.54, 1.807) is 18.5 Å². The number of aromatic nitrogens is 4. The lowest BCUT2D eigenvalue weighted by atomic mass is 10.2. The molecular formula is C18H29N5O4. The number of aliphatic hydroxyl groups is 1. The summed E-state index contributed by atoms with van der Waals surface area (Å²) in [5, 5.41) is 9.36. The molecule has 3 heterocycles. The molecule has 0 aromatic carbocycles. The fraction of sp³-hybridized carbons (Fsp3) is 0.722. The Bertz CT molecular complexity index is 905. The number of nitrogens with zero attached hydrogens (tertiary/aromatic N) is 5. The van der Waals surface area contributed by atoms with Crippen molar-refractivity contribution in [3.63, 3.8) is 0 Å². The van der Waals surface area contributed by atoms with Crippen LogP contribution in [-0.4, -0.2) is 61.1 Å². The Labute approximate surface area is 157 Å². The van der Waals surface area contributed by atoms with E-state index in [-0.39, 0.29) is 17.4 Å². The Hall–Kier alpha value is -1.97. The molecule has 1 saturated heterocycles. The average Bonchev–Trinajstić information content (AvgIpc) is 2.96. The van der Waals surface area contributed by atoms with Gasteiger partial charge in [0.05, 0.1) is 25.9 Å². The fourth-order valence-corrected chi connectivity index (χ4v) is 3.50. The van der Waals surface area contributed by atoms with E-state index in [1.165, 1.54) is 9.13 Å². The number of aliphatic hydroxyl groups excluding tert-OH is 1. The van der Waals surface area contributed by atoms with Crippen molar-refractivity contribution < 1.29 is 9.84 Å². The monoisotopic (exact) mass is 379 g/mol. The molecule has 0 spiro atoms. The van der Waals surface area contributed by atoms with E-state index in [2.05, 4.69) is 9.88 Å². The van der Waals surface area contributed by atoms with Crippen LogP contribution in [0.25, 0.3) is 11.2 Å². The van der Waals surface area contributed by atoms with Gasteiger partial charge in [0.15, 0.2) is 11.2 Å². The van der Waals surface area contributed by atoms with E-state index < -0.39 is 0 Å². The molecule has 9 nitrogen and oxygen atoms in total. The van der Waals surface area contributed by atoms with Crippen LogP contribution in [0.5, 0.6) is 0 Å². The highest BCUT2D eigenvalue weighted by Crippen LogP contribution is 2.12. The Kier molecular flexibility index (Phi) is 6.13. The van der Waals surface area contributed by atoms with E-state index >= 15 is 0 Å². The first-order valence-corrected chi connectivity index (χ1v) is 9.53. The molecule has 1 fully saturated rings. The molecular weight excluding hydrogens is 350 g/mol. The number of fused-ring (bicyclic) bond motifs is 1. The van der Waals surface area contributed by atoms with Crippen molar-refractivity contribution in [1.29, 1.82) is 0 Å². The summed E-state index contributed by atoms with van der Waals surface area (Å²) in [6.07, 6.45) is 1.72. The van der Waals surface area contributed by atoms with Crippen LogP contribution < -0.4 is 11.2 Å². The van der Waals surface area contributed by atoms with Gasteiger partial charge in [-0.3, -0.25) is 18.8 Å². The maximum absolute atomic E-state index is 13.0. The average molecular weight is 379 g/mol. The summed E-state index contributed by atoms with van der Waals surface area (Å²) in [4.78, 5) is 32.4. The largest absolute Gasteiger partial charge is 0.393 e. The third-order valence-corrected chi connectivity index (χ3v) is 5.17. The van der Waals surface area contributed by atoms with E-state index in [4.69, 9.17) is 4.74 Å². The smallest absolute Gasteiger partial charge is 0.332 e. The van der Waals surface area contributed by atoms with Gasteiger partial charge in [0.25, 0.3) is 5.56 Å². The predicted octanol–water partition coefficient (Wildman–Crippen LogP) is -0.183. The summed E-state index contributed by atoms with van der Waals surface area (Å²) in [6.45, 7) is 5.76. The summed E-state index contributed by atoms with van der Waals surface area (Å²) in [6, 6.07) is 0. The molecule has 0 bridgehead atoms. The predicted molar refractivity (Wildman–Crippen MR) is 102 cm³/mol. The quantitative estimate of drug-likeness (QED) is 0.671. The van der Waals surface area contributed by atoms with Crippen molar-refractivity contribution >= 4 is 11.2 Å². The topological polar surface area (TPSA) is 94.5 Å². The summed E-state index contributed by atoms with van der Waals surface area (Å²) in [7, 11) is 3.48. The second-order valence-electron chi connectivity index (χ2n) is 7.29. The van der Waals surface area contributed by atoms with Gasteiger partial charge in [-0.15, -0.1) is 0 Å². The Morgan fingerprint density at radius 2 is 1.85 bits per heavy atom. The van der Waals surface area contributed by atoms with E-state index in [0.29, 0.717) is 50.3 Å². The van der Waals surface area contributed by atoms with Crippen molar-refractivity contribution in [3.05, 3.63) is 26.7 Å². The van der Waals surface area contributed by atoms with E-state index in [9.17, 15) is 14.7 Å². The minimum atomic E-state index is -0.369. The number of hydrogen-bond donors (Lipinski definition) is 1. The lowest BCUT2D eigenvalue weighted by molar-refractivity contribution is 0.0327. The van der Waals surface area contributed by atoms with Crippen LogP contribution in [-0.2, 0) is 31.9 Å². The second kappa shape index (κ2) is 8.37. The Balaban J connectivity index is 1.91. The summed E-state index contributed by atoms with van der Waals surface area (Å²) in [5.74, 6) is 0.769. The van der Waals surface area contributed by atoms with E-state index in [1.807, 2.05) is 7.05 Å². The molecule has 0 radical (unpaired) electrons. The van der Waals surface area contributed by atoms with Crippen LogP contribution in [0, 0.1) is 0 Å². The summed E-state index contributed by atoms with van der Waals surface area (Å²) >= 11 is 0. The zero-order chi connectivity index (χ0) is 19.6. The molecule has 3 rings (SSSR count). The molecule has 0 aliphatic carbocycles. The first-order valence-electron chi connectivity index (χ1n) is 9.53. The zero-order valence-corrected chi connectivity index (χ0v) is 16.3. The van der Waals surface area contributed by atoms with Crippen LogP contribution in [0.2, 0.25) is 0 Å². The number of rotatable bonds is 7. The zero-order valence-electron chi connectivity index (χ0n) is 16.3. The van der Waals surface area contributed by atoms with Gasteiger partial charge in [-0.1, -0.05) is 0 Å². The lowest BCUT2D eigenvalue weighted by Gasteiger charge is -2.25. The first-order chi connectivity index (χ1) is 12.9. The Morgan fingerprint density at radius 3 is 2.52 bits per heavy atom. The van der Waals surface area contributed by atoms with Crippen molar-refractivity contribution in [2.24, 2.45) is 14.1 Å². The van der Waals surface area contributed by atoms with Gasteiger partial charge in [0.2, 0.25) is 0 Å². The molecule has 1 atom stereocenters. The minimum absolute atomic E-state index is 0.298. The van der Waals surface area contributed by atoms with Gasteiger partial charge in [-0.2, -0.15) is 0 Å². The highest BCUT2D eigenvalue weighted by atomic mass is 16.5. The summed E-state index contributed by atoms with van der Waals surface area (Å²) < 4.78 is 9.91. The number of imidazole rings is 1. The third-order valence-electron chi connectivity index (χ3n) is 5.17. The molecule has 0 amide bonds. The SMILES string of the molecule is C[C@@H](O)CCCCn1c(=O)c2c(nc(CN3CCOCC3)n2C)n(C)c1=O. The van der Waals surface area contributed by atoms with Crippen LogP contribution >= 0.6 is 0 Å². The van der Waals surface area contributed by atoms with Gasteiger partial charge in [0.1, 0.15) is 5.82 Å². The van der Waals surface area contributed by atoms with Gasteiger partial charge in [-0.25, -0.2) is 9.78 Å². The fourth-order valence-electron chi connectivity index (χ4n) is 3.50. The van der Waals surface area contributed by atoms with Gasteiger partial charge in [-0.05, 0) is 26.2 Å². The second-order valence-corrected chi connectivity index (χ2v) is 7.29. The van der Waals surface area contributed by atoms with Crippen molar-refractivity contribution in [2.45, 2.75) is 45.4 Å². The number of ether oxygens (including phenoxy) is 1. The lowest BCUT2D eigenvalue weighted by Crippen LogP contribution is -2.39. The molecule has 1 aliphatic heterocycles. The highest BCUT2D eigenvalue weighted by Gasteiger charge is 2.20.